The predicted molar refractivity (Wildman–Crippen MR) is 110 cm³/mol. The Morgan fingerprint density at radius 2 is 1.97 bits per heavy atom. The number of sulfonamides is 1. The second kappa shape index (κ2) is 9.65. The van der Waals surface area contributed by atoms with Crippen LogP contribution >= 0.6 is 0 Å². The normalized spacial score (nSPS) is 18.3. The molecule has 2 bridgehead atoms. The lowest BCUT2D eigenvalue weighted by Crippen LogP contribution is -2.46. The van der Waals surface area contributed by atoms with Gasteiger partial charge in [0.2, 0.25) is 15.8 Å². The minimum absolute atomic E-state index is 0.0213. The summed E-state index contributed by atoms with van der Waals surface area (Å²) < 4.78 is 40.9. The van der Waals surface area contributed by atoms with Crippen molar-refractivity contribution in [2.45, 2.75) is 44.2 Å². The average molecular weight is 466 g/mol. The van der Waals surface area contributed by atoms with Crippen LogP contribution in [0.25, 0.3) is 0 Å². The summed E-state index contributed by atoms with van der Waals surface area (Å²) in [4.78, 5) is 39.1. The van der Waals surface area contributed by atoms with E-state index in [1.54, 1.807) is 13.8 Å². The fourth-order valence-electron chi connectivity index (χ4n) is 3.38. The van der Waals surface area contributed by atoms with E-state index in [-0.39, 0.29) is 24.3 Å². The van der Waals surface area contributed by atoms with Crippen molar-refractivity contribution in [1.82, 2.24) is 25.0 Å². The van der Waals surface area contributed by atoms with Crippen molar-refractivity contribution < 1.29 is 27.2 Å². The van der Waals surface area contributed by atoms with E-state index in [2.05, 4.69) is 20.2 Å². The van der Waals surface area contributed by atoms with Crippen molar-refractivity contribution in [2.24, 2.45) is 11.8 Å². The van der Waals surface area contributed by atoms with Crippen LogP contribution in [0.15, 0.2) is 35.4 Å². The minimum atomic E-state index is -4.12. The van der Waals surface area contributed by atoms with Gasteiger partial charge in [0.15, 0.2) is 5.78 Å². The van der Waals surface area contributed by atoms with Gasteiger partial charge in [-0.15, -0.1) is 0 Å². The van der Waals surface area contributed by atoms with Gasteiger partial charge >= 0.3 is 0 Å². The number of carbonyl (C=O) groups excluding carboxylic acids is 3. The number of halogens is 1. The Morgan fingerprint density at radius 3 is 2.62 bits per heavy atom. The molecule has 0 spiro atoms. The number of nitrogens with zero attached hydrogens (tertiary/aromatic N) is 3. The standard InChI is InChI=1S/C20H24FN5O5S/c1-12(2)18(25-32(30,31)16-5-3-14(21)4-6-16)17(27)10-13-9-15-11-23-26(24-15)8-7-22-20(29)19(13)28/h3-6,11-13,18,25H,7-10H2,1-2H3,(H,22,29). The lowest BCUT2D eigenvalue weighted by atomic mass is 9.88. The molecular formula is C20H24FN5O5S. The highest BCUT2D eigenvalue weighted by Gasteiger charge is 2.34. The second-order valence-electron chi connectivity index (χ2n) is 7.92. The zero-order valence-electron chi connectivity index (χ0n) is 17.6. The third-order valence-corrected chi connectivity index (χ3v) is 6.56. The Hall–Kier alpha value is -2.99. The molecule has 12 heteroatoms. The van der Waals surface area contributed by atoms with Gasteiger partial charge in [-0.05, 0) is 30.2 Å². The maximum Gasteiger partial charge on any atom is 0.287 e. The minimum Gasteiger partial charge on any atom is -0.348 e. The Kier molecular flexibility index (Phi) is 7.14. The Morgan fingerprint density at radius 1 is 1.28 bits per heavy atom. The highest BCUT2D eigenvalue weighted by molar-refractivity contribution is 7.89. The monoisotopic (exact) mass is 465 g/mol. The summed E-state index contributed by atoms with van der Waals surface area (Å²) in [5.41, 5.74) is 0.457. The first-order valence-electron chi connectivity index (χ1n) is 10.1. The summed E-state index contributed by atoms with van der Waals surface area (Å²) in [5, 5.41) is 10.8. The Labute approximate surface area is 184 Å². The number of Topliss-reactive ketones (excluding diaryl/α,β-unsaturated/α-hetero) is 2. The molecule has 2 unspecified atom stereocenters. The van der Waals surface area contributed by atoms with Crippen LogP contribution in [0.3, 0.4) is 0 Å². The van der Waals surface area contributed by atoms with Crippen molar-refractivity contribution in [3.05, 3.63) is 42.0 Å². The molecule has 1 aliphatic rings. The van der Waals surface area contributed by atoms with E-state index in [9.17, 15) is 27.2 Å². The first-order chi connectivity index (χ1) is 15.1. The van der Waals surface area contributed by atoms with Crippen molar-refractivity contribution in [1.29, 1.82) is 0 Å². The molecule has 0 saturated heterocycles. The molecule has 2 atom stereocenters. The fraction of sp³-hybridized carbons (Fsp3) is 0.450. The van der Waals surface area contributed by atoms with Gasteiger partial charge in [0.25, 0.3) is 5.91 Å². The molecule has 0 radical (unpaired) electrons. The van der Waals surface area contributed by atoms with Gasteiger partial charge < -0.3 is 5.32 Å². The van der Waals surface area contributed by atoms with E-state index in [4.69, 9.17) is 0 Å². The van der Waals surface area contributed by atoms with Crippen LogP contribution in [0.4, 0.5) is 4.39 Å². The fourth-order valence-corrected chi connectivity index (χ4v) is 4.75. The summed E-state index contributed by atoms with van der Waals surface area (Å²) in [5.74, 6) is -4.16. The van der Waals surface area contributed by atoms with E-state index in [1.165, 1.54) is 11.0 Å². The van der Waals surface area contributed by atoms with Crippen molar-refractivity contribution >= 4 is 27.5 Å². The molecule has 1 amide bonds. The van der Waals surface area contributed by atoms with Gasteiger partial charge in [0.05, 0.1) is 29.4 Å². The SMILES string of the molecule is CC(C)C(NS(=O)(=O)c1ccc(F)cc1)C(=O)CC1Cc2cnn(n2)CCNC(=O)C1=O. The number of benzene rings is 1. The maximum atomic E-state index is 13.1. The molecule has 2 heterocycles. The third-order valence-electron chi connectivity index (χ3n) is 5.10. The average Bonchev–Trinajstić information content (AvgIpc) is 3.17. The van der Waals surface area contributed by atoms with E-state index >= 15 is 0 Å². The number of hydrogen-bond donors (Lipinski definition) is 2. The van der Waals surface area contributed by atoms with E-state index in [0.29, 0.717) is 12.2 Å². The maximum absolute atomic E-state index is 13.1. The highest BCUT2D eigenvalue weighted by atomic mass is 32.2. The molecule has 2 N–H and O–H groups in total. The third kappa shape index (κ3) is 5.62. The number of carbonyl (C=O) groups is 3. The van der Waals surface area contributed by atoms with E-state index in [1.807, 2.05) is 0 Å². The zero-order chi connectivity index (χ0) is 23.5. The van der Waals surface area contributed by atoms with Crippen LogP contribution < -0.4 is 10.0 Å². The van der Waals surface area contributed by atoms with Gasteiger partial charge in [-0.3, -0.25) is 14.4 Å². The molecule has 0 aliphatic carbocycles. The van der Waals surface area contributed by atoms with Crippen LogP contribution in [0.5, 0.6) is 0 Å². The van der Waals surface area contributed by atoms with Gasteiger partial charge in [0, 0.05) is 25.3 Å². The quantitative estimate of drug-likeness (QED) is 0.558. The summed E-state index contributed by atoms with van der Waals surface area (Å²) in [6.07, 6.45) is 1.14. The lowest BCUT2D eigenvalue weighted by Gasteiger charge is -2.23. The van der Waals surface area contributed by atoms with Gasteiger partial charge in [0.1, 0.15) is 5.82 Å². The smallest absolute Gasteiger partial charge is 0.287 e. The van der Waals surface area contributed by atoms with Crippen molar-refractivity contribution in [3.8, 4) is 0 Å². The first-order valence-corrected chi connectivity index (χ1v) is 11.6. The van der Waals surface area contributed by atoms with Gasteiger partial charge in [-0.25, -0.2) is 17.5 Å². The topological polar surface area (TPSA) is 140 Å². The number of aromatic nitrogens is 3. The molecule has 3 rings (SSSR count). The van der Waals surface area contributed by atoms with Crippen LogP contribution in [-0.4, -0.2) is 53.5 Å². The molecule has 10 nitrogen and oxygen atoms in total. The molecule has 0 saturated carbocycles. The largest absolute Gasteiger partial charge is 0.348 e. The van der Waals surface area contributed by atoms with E-state index < -0.39 is 51.2 Å². The summed E-state index contributed by atoms with van der Waals surface area (Å²) in [6, 6.07) is 3.05. The van der Waals surface area contributed by atoms with Crippen LogP contribution in [0, 0.1) is 17.7 Å². The van der Waals surface area contributed by atoms with Crippen molar-refractivity contribution in [3.63, 3.8) is 0 Å². The molecule has 32 heavy (non-hydrogen) atoms. The predicted octanol–water partition coefficient (Wildman–Crippen LogP) is 0.237. The summed E-state index contributed by atoms with van der Waals surface area (Å²) >= 11 is 0. The number of nitrogens with one attached hydrogen (secondary N) is 2. The molecule has 1 aromatic heterocycles. The number of hydrogen-bond acceptors (Lipinski definition) is 7. The first kappa shape index (κ1) is 23.7. The molecule has 0 fully saturated rings. The number of amides is 1. The van der Waals surface area contributed by atoms with Gasteiger partial charge in [-0.1, -0.05) is 13.8 Å². The molecule has 1 aromatic carbocycles. The number of ketones is 2. The number of rotatable bonds is 7. The Bertz CT molecular complexity index is 1110. The number of fused-ring (bicyclic) bond motifs is 2. The van der Waals surface area contributed by atoms with Crippen LogP contribution in [0.2, 0.25) is 0 Å². The van der Waals surface area contributed by atoms with Crippen LogP contribution in [-0.2, 0) is 37.4 Å². The molecular weight excluding hydrogens is 441 g/mol. The molecule has 172 valence electrons. The van der Waals surface area contributed by atoms with E-state index in [0.717, 1.165) is 24.3 Å². The highest BCUT2D eigenvalue weighted by Crippen LogP contribution is 2.19. The zero-order valence-corrected chi connectivity index (χ0v) is 18.4. The molecule has 1 aliphatic heterocycles. The summed E-state index contributed by atoms with van der Waals surface area (Å²) in [6.45, 7) is 3.78. The lowest BCUT2D eigenvalue weighted by molar-refractivity contribution is -0.141. The summed E-state index contributed by atoms with van der Waals surface area (Å²) in [7, 11) is -4.12. The Balaban J connectivity index is 1.81. The van der Waals surface area contributed by atoms with Crippen molar-refractivity contribution in [2.75, 3.05) is 6.54 Å². The second-order valence-corrected chi connectivity index (χ2v) is 9.63. The molecule has 2 aromatic rings. The van der Waals surface area contributed by atoms with Gasteiger partial charge in [-0.2, -0.15) is 15.0 Å². The van der Waals surface area contributed by atoms with Crippen LogP contribution in [0.1, 0.15) is 26.0 Å².